The highest BCUT2D eigenvalue weighted by atomic mass is 14.7. The van der Waals surface area contributed by atoms with E-state index < -0.39 is 0 Å². The van der Waals surface area contributed by atoms with E-state index in [4.69, 9.17) is 0 Å². The predicted octanol–water partition coefficient (Wildman–Crippen LogP) is 22.5. The first-order chi connectivity index (χ1) is 34.0. The molecular formula is C71H95N. The van der Waals surface area contributed by atoms with E-state index in [-0.39, 0.29) is 0 Å². The van der Waals surface area contributed by atoms with E-state index in [0.717, 1.165) is 0 Å². The summed E-state index contributed by atoms with van der Waals surface area (Å²) >= 11 is 0. The number of pyridine rings is 1. The molecule has 1 nitrogen and oxygen atoms in total. The van der Waals surface area contributed by atoms with Gasteiger partial charge in [0.25, 0.3) is 0 Å². The van der Waals surface area contributed by atoms with Crippen LogP contribution >= 0.6 is 0 Å². The summed E-state index contributed by atoms with van der Waals surface area (Å²) in [7, 11) is 0. The molecule has 1 heteroatoms. The van der Waals surface area contributed by atoms with Crippen molar-refractivity contribution in [3.63, 3.8) is 0 Å². The van der Waals surface area contributed by atoms with Gasteiger partial charge in [0.1, 0.15) is 0 Å². The summed E-state index contributed by atoms with van der Waals surface area (Å²) in [6.07, 6.45) is 1.99. The van der Waals surface area contributed by atoms with Gasteiger partial charge in [0.2, 0.25) is 0 Å². The van der Waals surface area contributed by atoms with Gasteiger partial charge in [0, 0.05) is 11.9 Å². The zero-order valence-corrected chi connectivity index (χ0v) is 48.7. The smallest absolute Gasteiger partial charge is 0.0429 e. The first-order valence-electron chi connectivity index (χ1n) is 27.6. The number of nitrogens with zero attached hydrogens (tertiary/aromatic N) is 1. The Hall–Kier alpha value is -5.53. The molecule has 0 bridgehead atoms. The van der Waals surface area contributed by atoms with Crippen molar-refractivity contribution in [1.29, 1.82) is 0 Å². The molecule has 1 aromatic heterocycles. The third-order valence-electron chi connectivity index (χ3n) is 14.0. The molecule has 72 heavy (non-hydrogen) atoms. The van der Waals surface area contributed by atoms with E-state index in [1.54, 1.807) is 0 Å². The van der Waals surface area contributed by atoms with Crippen molar-refractivity contribution in [3.05, 3.63) is 208 Å². The van der Waals surface area contributed by atoms with Crippen LogP contribution in [0.1, 0.15) is 253 Å². The van der Waals surface area contributed by atoms with Gasteiger partial charge in [-0.05, 0) is 148 Å². The molecule has 0 amide bonds. The molecule has 0 N–H and O–H groups in total. The average molecular weight is 963 g/mol. The summed E-state index contributed by atoms with van der Waals surface area (Å²) in [5.41, 5.74) is 14.0. The molecule has 0 atom stereocenters. The number of hydrogen-bond acceptors (Lipinski definition) is 1. The topological polar surface area (TPSA) is 12.9 Å². The van der Waals surface area contributed by atoms with Gasteiger partial charge < -0.3 is 0 Å². The monoisotopic (exact) mass is 962 g/mol. The van der Waals surface area contributed by atoms with Gasteiger partial charge in [-0.15, -0.1) is 0 Å². The van der Waals surface area contributed by atoms with E-state index in [9.17, 15) is 0 Å². The summed E-state index contributed by atoms with van der Waals surface area (Å²) < 4.78 is 0. The van der Waals surface area contributed by atoms with Crippen molar-refractivity contribution in [3.8, 4) is 0 Å². The lowest BCUT2D eigenvalue weighted by molar-refractivity contribution is 0.802. The predicted molar refractivity (Wildman–Crippen MR) is 323 cm³/mol. The Morgan fingerprint density at radius 1 is 0.236 bits per heavy atom. The molecule has 8 aromatic rings. The second-order valence-corrected chi connectivity index (χ2v) is 23.3. The summed E-state index contributed by atoms with van der Waals surface area (Å²) in [4.78, 5) is 4.40. The van der Waals surface area contributed by atoms with Gasteiger partial charge in [-0.25, -0.2) is 0 Å². The molecular weight excluding hydrogens is 867 g/mol. The highest BCUT2D eigenvalue weighted by Gasteiger charge is 2.10. The summed E-state index contributed by atoms with van der Waals surface area (Å²) in [6.45, 7) is 44.6. The molecule has 0 aliphatic rings. The Kier molecular flexibility index (Phi) is 23.0. The first kappa shape index (κ1) is 59.0. The molecule has 0 spiro atoms. The second-order valence-electron chi connectivity index (χ2n) is 23.3. The normalized spacial score (nSPS) is 11.5. The van der Waals surface area contributed by atoms with Crippen LogP contribution in [0.5, 0.6) is 0 Å². The maximum atomic E-state index is 4.40. The van der Waals surface area contributed by atoms with Crippen LogP contribution in [0.25, 0.3) is 32.3 Å². The number of hydrogen-bond donors (Lipinski definition) is 0. The molecule has 384 valence electrons. The minimum atomic E-state index is 0.534. The van der Waals surface area contributed by atoms with Crippen LogP contribution < -0.4 is 0 Å². The lowest BCUT2D eigenvalue weighted by Crippen LogP contribution is -1.94. The Morgan fingerprint density at radius 3 is 0.806 bits per heavy atom. The molecule has 0 unspecified atom stereocenters. The lowest BCUT2D eigenvalue weighted by Gasteiger charge is -2.14. The van der Waals surface area contributed by atoms with Crippen LogP contribution in [-0.2, 0) is 0 Å². The maximum Gasteiger partial charge on any atom is 0.0429 e. The highest BCUT2D eigenvalue weighted by molar-refractivity contribution is 5.89. The SMILES string of the molecule is CC(C)c1ccc(C(C)C)cc1.CC(C)c1ccc(C(C)C)nc1.CC(C)c1ccc2cc(C(C)C)ccc2c1.CC(C)c1ccc2ccc(C(C)C)cc2c1.CC(C)c1cccc2c(C(C)C)cccc12. The van der Waals surface area contributed by atoms with E-state index in [0.29, 0.717) is 59.2 Å². The zero-order chi connectivity index (χ0) is 53.4. The van der Waals surface area contributed by atoms with Gasteiger partial charge in [0.05, 0.1) is 0 Å². The molecule has 0 saturated carbocycles. The summed E-state index contributed by atoms with van der Waals surface area (Å²) in [5.74, 6) is 6.00. The van der Waals surface area contributed by atoms with E-state index in [1.807, 2.05) is 6.20 Å². The van der Waals surface area contributed by atoms with Gasteiger partial charge in [0.15, 0.2) is 0 Å². The van der Waals surface area contributed by atoms with Crippen LogP contribution in [0.2, 0.25) is 0 Å². The number of aromatic nitrogens is 1. The van der Waals surface area contributed by atoms with E-state index >= 15 is 0 Å². The maximum absolute atomic E-state index is 4.40. The Balaban J connectivity index is 0.000000197. The fourth-order valence-corrected chi connectivity index (χ4v) is 8.73. The van der Waals surface area contributed by atoms with Crippen molar-refractivity contribution < 1.29 is 0 Å². The minimum absolute atomic E-state index is 0.534. The fourth-order valence-electron chi connectivity index (χ4n) is 8.73. The first-order valence-corrected chi connectivity index (χ1v) is 27.6. The van der Waals surface area contributed by atoms with E-state index in [1.165, 1.54) is 88.1 Å². The van der Waals surface area contributed by atoms with Crippen LogP contribution in [-0.4, -0.2) is 4.98 Å². The van der Waals surface area contributed by atoms with Gasteiger partial charge in [-0.3, -0.25) is 4.98 Å². The third kappa shape index (κ3) is 17.3. The molecule has 0 radical (unpaired) electrons. The van der Waals surface area contributed by atoms with Gasteiger partial charge in [-0.2, -0.15) is 0 Å². The van der Waals surface area contributed by atoms with Crippen LogP contribution in [0.15, 0.2) is 152 Å². The number of rotatable bonds is 10. The zero-order valence-electron chi connectivity index (χ0n) is 48.7. The van der Waals surface area contributed by atoms with Crippen LogP contribution in [0.3, 0.4) is 0 Å². The van der Waals surface area contributed by atoms with E-state index in [2.05, 4.69) is 289 Å². The van der Waals surface area contributed by atoms with Gasteiger partial charge >= 0.3 is 0 Å². The van der Waals surface area contributed by atoms with Crippen molar-refractivity contribution in [2.24, 2.45) is 0 Å². The number of benzene rings is 7. The van der Waals surface area contributed by atoms with Crippen molar-refractivity contribution in [2.75, 3.05) is 0 Å². The minimum Gasteiger partial charge on any atom is -0.261 e. The van der Waals surface area contributed by atoms with Crippen LogP contribution in [0, 0.1) is 0 Å². The standard InChI is InChI=1S/3C16H20.C12H18.C11H17N/c1-11(2)13-5-7-16-10-14(12(3)4)6-8-15(16)9-13;1-11(2)14-7-5-13-6-8-15(12(3)4)10-16(13)9-14;1-11(2)13-7-5-10-16-14(12(3)4)8-6-9-15(13)16;1-9(2)11-5-7-12(8-6-11)10(3)4;1-8(2)10-5-6-11(9(3)4)12-7-10/h3*5-12H,1-4H3;5-10H,1-4H3;5-9H,1-4H3. The lowest BCUT2D eigenvalue weighted by atomic mass is 9.90. The quantitative estimate of drug-likeness (QED) is 0.133. The average Bonchev–Trinajstić information content (AvgIpc) is 3.35. The summed E-state index contributed by atoms with van der Waals surface area (Å²) in [5, 5.41) is 8.27. The Labute approximate surface area is 440 Å². The molecule has 7 aromatic carbocycles. The molecule has 1 heterocycles. The summed E-state index contributed by atoms with van der Waals surface area (Å²) in [6, 6.07) is 53.8. The van der Waals surface area contributed by atoms with Crippen LogP contribution in [0.4, 0.5) is 0 Å². The molecule has 8 rings (SSSR count). The Morgan fingerprint density at radius 2 is 0.528 bits per heavy atom. The van der Waals surface area contributed by atoms with Crippen molar-refractivity contribution in [2.45, 2.75) is 198 Å². The molecule has 0 aliphatic carbocycles. The van der Waals surface area contributed by atoms with Crippen molar-refractivity contribution >= 4 is 32.3 Å². The second kappa shape index (κ2) is 28.1. The van der Waals surface area contributed by atoms with Gasteiger partial charge in [-0.1, -0.05) is 278 Å². The Bertz CT molecular complexity index is 2600. The molecule has 0 saturated heterocycles. The van der Waals surface area contributed by atoms with Crippen molar-refractivity contribution in [1.82, 2.24) is 4.98 Å². The largest absolute Gasteiger partial charge is 0.261 e. The fraction of sp³-hybridized carbons (Fsp3) is 0.423. The highest BCUT2D eigenvalue weighted by Crippen LogP contribution is 2.31. The number of fused-ring (bicyclic) bond motifs is 3. The molecule has 0 fully saturated rings. The third-order valence-corrected chi connectivity index (χ3v) is 14.0. The molecule has 0 aliphatic heterocycles.